The first-order valence-electron chi connectivity index (χ1n) is 9.82. The first kappa shape index (κ1) is 21.6. The number of hydrogen-bond donors (Lipinski definition) is 1. The Bertz CT molecular complexity index is 1300. The fourth-order valence-corrected chi connectivity index (χ4v) is 4.49. The summed E-state index contributed by atoms with van der Waals surface area (Å²) in [6.45, 7) is 2.13. The van der Waals surface area contributed by atoms with Crippen LogP contribution in [0.15, 0.2) is 54.6 Å². The average Bonchev–Trinajstić information content (AvgIpc) is 3.30. The van der Waals surface area contributed by atoms with E-state index in [9.17, 15) is 18.4 Å². The van der Waals surface area contributed by atoms with E-state index >= 15 is 0 Å². The zero-order valence-corrected chi connectivity index (χ0v) is 18.2. The third-order valence-electron chi connectivity index (χ3n) is 4.90. The summed E-state index contributed by atoms with van der Waals surface area (Å²) in [5.74, 6) is -1.48. The van der Waals surface area contributed by atoms with Gasteiger partial charge in [0.25, 0.3) is 5.91 Å². The van der Waals surface area contributed by atoms with Crippen LogP contribution in [0.1, 0.15) is 20.9 Å². The van der Waals surface area contributed by atoms with Gasteiger partial charge in [0.2, 0.25) is 5.91 Å². The SMILES string of the molecule is Cc1nn(Cc2ccc(F)cc2)c2sc(C(=O)N(C)CC(=O)Nc3cccc(F)c3)cc12. The summed E-state index contributed by atoms with van der Waals surface area (Å²) in [7, 11) is 1.54. The minimum absolute atomic E-state index is 0.176. The Morgan fingerprint density at radius 2 is 1.84 bits per heavy atom. The van der Waals surface area contributed by atoms with Gasteiger partial charge in [0.15, 0.2) is 0 Å². The van der Waals surface area contributed by atoms with Gasteiger partial charge in [-0.3, -0.25) is 14.3 Å². The Morgan fingerprint density at radius 1 is 1.09 bits per heavy atom. The van der Waals surface area contributed by atoms with Crippen molar-refractivity contribution < 1.29 is 18.4 Å². The molecule has 0 radical (unpaired) electrons. The molecule has 0 bridgehead atoms. The number of likely N-dealkylation sites (N-methyl/N-ethyl adjacent to an activating group) is 1. The van der Waals surface area contributed by atoms with E-state index in [0.29, 0.717) is 17.1 Å². The van der Waals surface area contributed by atoms with Gasteiger partial charge in [0.1, 0.15) is 16.5 Å². The highest BCUT2D eigenvalue weighted by Crippen LogP contribution is 2.29. The second-order valence-electron chi connectivity index (χ2n) is 7.42. The molecule has 0 spiro atoms. The van der Waals surface area contributed by atoms with Crippen LogP contribution in [0.5, 0.6) is 0 Å². The molecule has 0 saturated carbocycles. The lowest BCUT2D eigenvalue weighted by Crippen LogP contribution is -2.34. The molecule has 4 aromatic rings. The maximum atomic E-state index is 13.3. The van der Waals surface area contributed by atoms with E-state index in [4.69, 9.17) is 0 Å². The summed E-state index contributed by atoms with van der Waals surface area (Å²) in [5.41, 5.74) is 2.00. The summed E-state index contributed by atoms with van der Waals surface area (Å²) in [6.07, 6.45) is 0. The third-order valence-corrected chi connectivity index (χ3v) is 6.04. The quantitative estimate of drug-likeness (QED) is 0.468. The molecule has 0 aliphatic rings. The molecule has 0 aliphatic heterocycles. The molecule has 32 heavy (non-hydrogen) atoms. The van der Waals surface area contributed by atoms with Gasteiger partial charge in [-0.1, -0.05) is 18.2 Å². The van der Waals surface area contributed by atoms with Crippen molar-refractivity contribution in [2.75, 3.05) is 18.9 Å². The first-order chi connectivity index (χ1) is 15.3. The standard InChI is InChI=1S/C23H20F2N4O2S/c1-14-19-11-20(32-23(19)29(27-14)12-15-6-8-16(24)9-7-15)22(31)28(2)13-21(30)26-18-5-3-4-17(25)10-18/h3-11H,12-13H2,1-2H3,(H,26,30). The van der Waals surface area contributed by atoms with E-state index in [-0.39, 0.29) is 18.3 Å². The second-order valence-corrected chi connectivity index (χ2v) is 8.45. The number of halogens is 2. The number of rotatable bonds is 6. The Balaban J connectivity index is 1.48. The summed E-state index contributed by atoms with van der Waals surface area (Å²) in [5, 5.41) is 7.97. The van der Waals surface area contributed by atoms with Crippen LogP contribution >= 0.6 is 11.3 Å². The number of benzene rings is 2. The number of hydrogen-bond acceptors (Lipinski definition) is 4. The molecule has 9 heteroatoms. The number of aromatic nitrogens is 2. The predicted octanol–water partition coefficient (Wildman–Crippen LogP) is 4.44. The highest BCUT2D eigenvalue weighted by atomic mass is 32.1. The lowest BCUT2D eigenvalue weighted by Gasteiger charge is -2.16. The summed E-state index contributed by atoms with van der Waals surface area (Å²) >= 11 is 1.29. The minimum Gasteiger partial charge on any atom is -0.332 e. The number of nitrogens with one attached hydrogen (secondary N) is 1. The minimum atomic E-state index is -0.456. The third kappa shape index (κ3) is 4.67. The number of carbonyl (C=O) groups is 2. The number of fused-ring (bicyclic) bond motifs is 1. The summed E-state index contributed by atoms with van der Waals surface area (Å²) < 4.78 is 28.2. The largest absolute Gasteiger partial charge is 0.332 e. The van der Waals surface area contributed by atoms with E-state index in [1.807, 2.05) is 6.92 Å². The molecule has 2 heterocycles. The van der Waals surface area contributed by atoms with Crippen LogP contribution < -0.4 is 5.32 Å². The lowest BCUT2D eigenvalue weighted by atomic mass is 10.2. The Morgan fingerprint density at radius 3 is 2.56 bits per heavy atom. The van der Waals surface area contributed by atoms with Crippen molar-refractivity contribution in [2.24, 2.45) is 0 Å². The molecule has 0 fully saturated rings. The average molecular weight is 455 g/mol. The monoisotopic (exact) mass is 454 g/mol. The zero-order valence-electron chi connectivity index (χ0n) is 17.4. The summed E-state index contributed by atoms with van der Waals surface area (Å²) in [4.78, 5) is 27.8. The van der Waals surface area contributed by atoms with Crippen LogP contribution in [-0.4, -0.2) is 40.1 Å². The number of amides is 2. The fourth-order valence-electron chi connectivity index (χ4n) is 3.33. The first-order valence-corrected chi connectivity index (χ1v) is 10.6. The zero-order chi connectivity index (χ0) is 22.8. The molecular formula is C23H20F2N4O2S. The van der Waals surface area contributed by atoms with Crippen molar-refractivity contribution in [3.8, 4) is 0 Å². The number of aryl methyl sites for hydroxylation is 1. The Kier molecular flexibility index (Phi) is 6.00. The van der Waals surface area contributed by atoms with Crippen LogP contribution in [0.2, 0.25) is 0 Å². The van der Waals surface area contributed by atoms with Crippen LogP contribution in [0.4, 0.5) is 14.5 Å². The van der Waals surface area contributed by atoms with Crippen molar-refractivity contribution in [3.05, 3.63) is 82.4 Å². The summed E-state index contributed by atoms with van der Waals surface area (Å²) in [6, 6.07) is 13.5. The van der Waals surface area contributed by atoms with Gasteiger partial charge in [0.05, 0.1) is 23.7 Å². The molecule has 0 atom stereocenters. The van der Waals surface area contributed by atoms with E-state index in [1.165, 1.54) is 53.6 Å². The molecule has 0 unspecified atom stereocenters. The van der Waals surface area contributed by atoms with Gasteiger partial charge in [-0.05, 0) is 48.9 Å². The van der Waals surface area contributed by atoms with E-state index in [1.54, 1.807) is 28.9 Å². The molecule has 0 saturated heterocycles. The van der Waals surface area contributed by atoms with Crippen LogP contribution in [0.3, 0.4) is 0 Å². The van der Waals surface area contributed by atoms with Crippen LogP contribution in [0, 0.1) is 18.6 Å². The van der Waals surface area contributed by atoms with Crippen molar-refractivity contribution in [2.45, 2.75) is 13.5 Å². The smallest absolute Gasteiger partial charge is 0.264 e. The van der Waals surface area contributed by atoms with Gasteiger partial charge >= 0.3 is 0 Å². The molecule has 164 valence electrons. The number of nitrogens with zero attached hydrogens (tertiary/aromatic N) is 3. The Hall–Kier alpha value is -3.59. The van der Waals surface area contributed by atoms with Crippen LogP contribution in [0.25, 0.3) is 10.2 Å². The number of anilines is 1. The maximum Gasteiger partial charge on any atom is 0.264 e. The van der Waals surface area contributed by atoms with Gasteiger partial charge in [0, 0.05) is 18.1 Å². The predicted molar refractivity (Wildman–Crippen MR) is 120 cm³/mol. The maximum absolute atomic E-state index is 13.3. The molecule has 0 aliphatic carbocycles. The molecule has 6 nitrogen and oxygen atoms in total. The topological polar surface area (TPSA) is 67.2 Å². The van der Waals surface area contributed by atoms with Gasteiger partial charge in [-0.15, -0.1) is 11.3 Å². The van der Waals surface area contributed by atoms with Crippen molar-refractivity contribution in [1.82, 2.24) is 14.7 Å². The van der Waals surface area contributed by atoms with Gasteiger partial charge in [-0.2, -0.15) is 5.10 Å². The molecule has 2 aromatic carbocycles. The van der Waals surface area contributed by atoms with E-state index in [0.717, 1.165) is 21.5 Å². The molecule has 2 aromatic heterocycles. The number of thiophene rings is 1. The molecular weight excluding hydrogens is 434 g/mol. The molecule has 1 N–H and O–H groups in total. The van der Waals surface area contributed by atoms with Crippen molar-refractivity contribution in [3.63, 3.8) is 0 Å². The van der Waals surface area contributed by atoms with Gasteiger partial charge in [-0.25, -0.2) is 8.78 Å². The molecule has 2 amide bonds. The second kappa shape index (κ2) is 8.88. The fraction of sp³-hybridized carbons (Fsp3) is 0.174. The highest BCUT2D eigenvalue weighted by molar-refractivity contribution is 7.20. The van der Waals surface area contributed by atoms with Gasteiger partial charge < -0.3 is 10.2 Å². The Labute approximate surface area is 187 Å². The van der Waals surface area contributed by atoms with Crippen molar-refractivity contribution in [1.29, 1.82) is 0 Å². The van der Waals surface area contributed by atoms with E-state index < -0.39 is 11.7 Å². The lowest BCUT2D eigenvalue weighted by molar-refractivity contribution is -0.116. The molecule has 4 rings (SSSR count). The van der Waals surface area contributed by atoms with Crippen molar-refractivity contribution >= 4 is 39.1 Å². The van der Waals surface area contributed by atoms with Crippen LogP contribution in [-0.2, 0) is 11.3 Å². The number of carbonyl (C=O) groups excluding carboxylic acids is 2. The van der Waals surface area contributed by atoms with E-state index in [2.05, 4.69) is 10.4 Å². The normalized spacial score (nSPS) is 11.0. The highest BCUT2D eigenvalue weighted by Gasteiger charge is 2.20.